The highest BCUT2D eigenvalue weighted by Gasteiger charge is 2.43. The van der Waals surface area contributed by atoms with Gasteiger partial charge in [0.25, 0.3) is 11.8 Å². The fourth-order valence-electron chi connectivity index (χ4n) is 3.52. The minimum absolute atomic E-state index is 0.0738. The van der Waals surface area contributed by atoms with Gasteiger partial charge in [-0.25, -0.2) is 4.79 Å². The zero-order chi connectivity index (χ0) is 20.1. The molecule has 150 valence electrons. The molecule has 3 rings (SSSR count). The molecule has 8 heteroatoms. The number of carbonyl (C=O) groups excluding carboxylic acids is 3. The predicted octanol–water partition coefficient (Wildman–Crippen LogP) is 2.11. The molecule has 0 aromatic heterocycles. The number of likely N-dealkylation sites (tertiary alicyclic amines) is 1. The lowest BCUT2D eigenvalue weighted by Gasteiger charge is -2.35. The van der Waals surface area contributed by atoms with Crippen molar-refractivity contribution in [3.8, 4) is 0 Å². The third kappa shape index (κ3) is 4.07. The summed E-state index contributed by atoms with van der Waals surface area (Å²) in [6, 6.07) is 8.88. The van der Waals surface area contributed by atoms with Gasteiger partial charge in [-0.1, -0.05) is 30.3 Å². The molecule has 1 fully saturated rings. The minimum atomic E-state index is -0.359. The number of aliphatic hydroxyl groups excluding tert-OH is 1. The summed E-state index contributed by atoms with van der Waals surface area (Å²) in [5.41, 5.74) is 1.10. The highest BCUT2D eigenvalue weighted by molar-refractivity contribution is 8.04. The monoisotopic (exact) mass is 404 g/mol. The van der Waals surface area contributed by atoms with Crippen LogP contribution in [0.3, 0.4) is 0 Å². The van der Waals surface area contributed by atoms with Gasteiger partial charge in [0.2, 0.25) is 0 Å². The minimum Gasteiger partial charge on any atom is -0.450 e. The van der Waals surface area contributed by atoms with Crippen LogP contribution in [0.2, 0.25) is 0 Å². The third-order valence-corrected chi connectivity index (χ3v) is 5.88. The van der Waals surface area contributed by atoms with Crippen molar-refractivity contribution in [3.63, 3.8) is 0 Å². The number of piperidine rings is 1. The molecule has 28 heavy (non-hydrogen) atoms. The van der Waals surface area contributed by atoms with E-state index in [9.17, 15) is 19.5 Å². The number of carbonyl (C=O) groups is 3. The maximum atomic E-state index is 13.2. The average Bonchev–Trinajstić information content (AvgIpc) is 2.97. The van der Waals surface area contributed by atoms with E-state index in [1.54, 1.807) is 11.8 Å². The average molecular weight is 404 g/mol. The van der Waals surface area contributed by atoms with Crippen molar-refractivity contribution < 1.29 is 24.2 Å². The summed E-state index contributed by atoms with van der Waals surface area (Å²) in [6.45, 7) is 2.89. The Morgan fingerprint density at radius 1 is 1.18 bits per heavy atom. The second kappa shape index (κ2) is 9.25. The summed E-state index contributed by atoms with van der Waals surface area (Å²) in [5, 5.41) is 9.17. The van der Waals surface area contributed by atoms with Gasteiger partial charge in [-0.05, 0) is 25.3 Å². The summed E-state index contributed by atoms with van der Waals surface area (Å²) in [6.07, 6.45) is 0.689. The van der Waals surface area contributed by atoms with Gasteiger partial charge in [0.1, 0.15) is 0 Å². The van der Waals surface area contributed by atoms with E-state index in [0.717, 1.165) is 0 Å². The van der Waals surface area contributed by atoms with Crippen molar-refractivity contribution in [3.05, 3.63) is 40.8 Å². The van der Waals surface area contributed by atoms with E-state index >= 15 is 0 Å². The lowest BCUT2D eigenvalue weighted by molar-refractivity contribution is -0.140. The topological polar surface area (TPSA) is 87.2 Å². The number of hydrogen-bond acceptors (Lipinski definition) is 6. The van der Waals surface area contributed by atoms with E-state index in [1.807, 2.05) is 30.3 Å². The second-order valence-corrected chi connectivity index (χ2v) is 7.64. The highest BCUT2D eigenvalue weighted by atomic mass is 32.2. The largest absolute Gasteiger partial charge is 0.450 e. The Hall–Kier alpha value is -2.32. The van der Waals surface area contributed by atoms with Crippen LogP contribution in [0.5, 0.6) is 0 Å². The number of benzene rings is 1. The molecule has 0 radical (unpaired) electrons. The van der Waals surface area contributed by atoms with Crippen LogP contribution < -0.4 is 0 Å². The fraction of sp³-hybridized carbons (Fsp3) is 0.450. The number of rotatable bonds is 6. The van der Waals surface area contributed by atoms with Gasteiger partial charge in [0, 0.05) is 24.9 Å². The first-order chi connectivity index (χ1) is 13.6. The van der Waals surface area contributed by atoms with E-state index in [4.69, 9.17) is 4.74 Å². The van der Waals surface area contributed by atoms with Crippen molar-refractivity contribution >= 4 is 35.2 Å². The molecule has 0 bridgehead atoms. The molecular weight excluding hydrogens is 380 g/mol. The van der Waals surface area contributed by atoms with E-state index in [2.05, 4.69) is 0 Å². The van der Waals surface area contributed by atoms with Crippen molar-refractivity contribution in [2.45, 2.75) is 25.8 Å². The van der Waals surface area contributed by atoms with Crippen LogP contribution in [-0.2, 0) is 14.3 Å². The Balaban J connectivity index is 1.79. The summed E-state index contributed by atoms with van der Waals surface area (Å²) >= 11 is 1.21. The van der Waals surface area contributed by atoms with Gasteiger partial charge in [0.05, 0.1) is 23.7 Å². The van der Waals surface area contributed by atoms with Crippen molar-refractivity contribution in [2.75, 3.05) is 32.1 Å². The Labute approximate surface area is 168 Å². The van der Waals surface area contributed by atoms with Crippen LogP contribution in [0.1, 0.15) is 25.3 Å². The molecule has 2 heterocycles. The Morgan fingerprint density at radius 3 is 2.46 bits per heavy atom. The molecule has 1 saturated heterocycles. The number of imide groups is 1. The van der Waals surface area contributed by atoms with Crippen LogP contribution in [-0.4, -0.2) is 70.9 Å². The van der Waals surface area contributed by atoms with Gasteiger partial charge in [-0.3, -0.25) is 14.5 Å². The summed E-state index contributed by atoms with van der Waals surface area (Å²) in [4.78, 5) is 41.5. The lowest BCUT2D eigenvalue weighted by Crippen LogP contribution is -2.49. The first-order valence-corrected chi connectivity index (χ1v) is 10.4. The van der Waals surface area contributed by atoms with Crippen LogP contribution in [0.4, 0.5) is 4.79 Å². The standard InChI is InChI=1S/C20H24N2O5S/c1-2-27-20(26)21-10-8-15(9-11-21)22-18(24)16(14-6-4-3-5-7-14)17(19(22)25)28-13-12-23/h3-7,15,23H,2,8-13H2,1H3. The summed E-state index contributed by atoms with van der Waals surface area (Å²) < 4.78 is 5.02. The third-order valence-electron chi connectivity index (χ3n) is 4.83. The number of thioether (sulfide) groups is 1. The smallest absolute Gasteiger partial charge is 0.409 e. The number of aliphatic hydroxyl groups is 1. The van der Waals surface area contributed by atoms with E-state index in [-0.39, 0.29) is 30.6 Å². The molecule has 7 nitrogen and oxygen atoms in total. The zero-order valence-corrected chi connectivity index (χ0v) is 16.6. The molecule has 0 spiro atoms. The zero-order valence-electron chi connectivity index (χ0n) is 15.8. The molecule has 0 saturated carbocycles. The second-order valence-electron chi connectivity index (χ2n) is 6.54. The van der Waals surface area contributed by atoms with Gasteiger partial charge < -0.3 is 14.7 Å². The maximum absolute atomic E-state index is 13.2. The molecule has 0 unspecified atom stereocenters. The summed E-state index contributed by atoms with van der Waals surface area (Å²) in [5.74, 6) is -0.261. The first kappa shape index (κ1) is 20.4. The number of nitrogens with zero attached hydrogens (tertiary/aromatic N) is 2. The molecule has 2 aliphatic rings. The molecular formula is C20H24N2O5S. The van der Waals surface area contributed by atoms with Gasteiger partial charge in [-0.2, -0.15) is 0 Å². The maximum Gasteiger partial charge on any atom is 0.409 e. The predicted molar refractivity (Wildman–Crippen MR) is 106 cm³/mol. The van der Waals surface area contributed by atoms with E-state index < -0.39 is 0 Å². The Kier molecular flexibility index (Phi) is 6.74. The van der Waals surface area contributed by atoms with Crippen molar-refractivity contribution in [1.29, 1.82) is 0 Å². The number of hydrogen-bond donors (Lipinski definition) is 1. The molecule has 0 atom stereocenters. The fourth-order valence-corrected chi connectivity index (χ4v) is 4.39. The molecule has 3 amide bonds. The lowest BCUT2D eigenvalue weighted by atomic mass is 10.0. The van der Waals surface area contributed by atoms with Crippen LogP contribution in [0.15, 0.2) is 35.2 Å². The van der Waals surface area contributed by atoms with Crippen molar-refractivity contribution in [2.24, 2.45) is 0 Å². The van der Waals surface area contributed by atoms with E-state index in [0.29, 0.717) is 54.3 Å². The summed E-state index contributed by atoms with van der Waals surface area (Å²) in [7, 11) is 0. The van der Waals surface area contributed by atoms with Crippen LogP contribution in [0, 0.1) is 0 Å². The number of ether oxygens (including phenoxy) is 1. The normalized spacial score (nSPS) is 18.2. The van der Waals surface area contributed by atoms with Crippen LogP contribution >= 0.6 is 11.8 Å². The molecule has 0 aliphatic carbocycles. The number of amides is 3. The van der Waals surface area contributed by atoms with Gasteiger partial charge in [-0.15, -0.1) is 11.8 Å². The van der Waals surface area contributed by atoms with Gasteiger partial charge in [0.15, 0.2) is 0 Å². The first-order valence-electron chi connectivity index (χ1n) is 9.41. The Morgan fingerprint density at radius 2 is 1.86 bits per heavy atom. The van der Waals surface area contributed by atoms with Crippen molar-refractivity contribution in [1.82, 2.24) is 9.80 Å². The Bertz CT molecular complexity index is 772. The molecule has 1 aromatic rings. The quantitative estimate of drug-likeness (QED) is 0.731. The molecule has 1 aromatic carbocycles. The van der Waals surface area contributed by atoms with E-state index in [1.165, 1.54) is 16.7 Å². The van der Waals surface area contributed by atoms with Crippen LogP contribution in [0.25, 0.3) is 5.57 Å². The highest BCUT2D eigenvalue weighted by Crippen LogP contribution is 2.38. The van der Waals surface area contributed by atoms with Gasteiger partial charge >= 0.3 is 6.09 Å². The molecule has 2 aliphatic heterocycles. The molecule has 1 N–H and O–H groups in total. The SMILES string of the molecule is CCOC(=O)N1CCC(N2C(=O)C(SCCO)=C(c3ccccc3)C2=O)CC1.